The predicted molar refractivity (Wildman–Crippen MR) is 85.3 cm³/mol. The first-order chi connectivity index (χ1) is 10.6. The lowest BCUT2D eigenvalue weighted by molar-refractivity contribution is 0.179. The second-order valence-electron chi connectivity index (χ2n) is 5.13. The van der Waals surface area contributed by atoms with Gasteiger partial charge in [-0.25, -0.2) is 9.59 Å². The number of anilines is 2. The Labute approximate surface area is 130 Å². The molecule has 1 saturated heterocycles. The molecule has 0 spiro atoms. The molecule has 1 aromatic carbocycles. The Morgan fingerprint density at radius 3 is 3.00 bits per heavy atom. The van der Waals surface area contributed by atoms with Crippen molar-refractivity contribution in [3.05, 3.63) is 24.3 Å². The fourth-order valence-corrected chi connectivity index (χ4v) is 2.24. The number of hydrogen-bond donors (Lipinski definition) is 2. The largest absolute Gasteiger partial charge is 0.385 e. The number of hydrogen-bond acceptors (Lipinski definition) is 3. The minimum absolute atomic E-state index is 0.111. The molecule has 1 aliphatic rings. The van der Waals surface area contributed by atoms with Crippen LogP contribution in [-0.4, -0.2) is 57.4 Å². The number of rotatable bonds is 6. The first-order valence-corrected chi connectivity index (χ1v) is 7.28. The van der Waals surface area contributed by atoms with E-state index < -0.39 is 0 Å². The molecule has 0 atom stereocenters. The third kappa shape index (κ3) is 4.11. The molecule has 0 bridgehead atoms. The third-order valence-electron chi connectivity index (χ3n) is 3.45. The quantitative estimate of drug-likeness (QED) is 0.786. The number of amides is 4. The summed E-state index contributed by atoms with van der Waals surface area (Å²) in [5.41, 5.74) is 1.44. The number of nitrogens with zero attached hydrogens (tertiary/aromatic N) is 2. The van der Waals surface area contributed by atoms with Crippen LogP contribution in [0.15, 0.2) is 24.3 Å². The van der Waals surface area contributed by atoms with Gasteiger partial charge in [-0.15, -0.1) is 0 Å². The number of benzene rings is 1. The van der Waals surface area contributed by atoms with E-state index in [1.165, 1.54) is 0 Å². The van der Waals surface area contributed by atoms with Gasteiger partial charge < -0.3 is 20.3 Å². The zero-order valence-corrected chi connectivity index (χ0v) is 13.0. The Morgan fingerprint density at radius 1 is 1.50 bits per heavy atom. The molecule has 1 aromatic rings. The summed E-state index contributed by atoms with van der Waals surface area (Å²) in [4.78, 5) is 27.0. The van der Waals surface area contributed by atoms with Crippen molar-refractivity contribution < 1.29 is 14.3 Å². The Morgan fingerprint density at radius 2 is 2.32 bits per heavy atom. The van der Waals surface area contributed by atoms with E-state index in [4.69, 9.17) is 4.74 Å². The van der Waals surface area contributed by atoms with Gasteiger partial charge in [-0.2, -0.15) is 0 Å². The zero-order valence-electron chi connectivity index (χ0n) is 13.0. The molecule has 0 radical (unpaired) electrons. The van der Waals surface area contributed by atoms with Crippen LogP contribution in [0.3, 0.4) is 0 Å². The topological polar surface area (TPSA) is 73.9 Å². The maximum absolute atomic E-state index is 12.1. The summed E-state index contributed by atoms with van der Waals surface area (Å²) in [5.74, 6) is 0. The number of nitrogens with one attached hydrogen (secondary N) is 2. The summed E-state index contributed by atoms with van der Waals surface area (Å²) in [5, 5.41) is 5.59. The second-order valence-corrected chi connectivity index (χ2v) is 5.13. The van der Waals surface area contributed by atoms with Crippen LogP contribution >= 0.6 is 0 Å². The van der Waals surface area contributed by atoms with Crippen molar-refractivity contribution in [3.63, 3.8) is 0 Å². The highest BCUT2D eigenvalue weighted by Gasteiger charge is 2.21. The van der Waals surface area contributed by atoms with E-state index in [1.807, 2.05) is 12.1 Å². The molecule has 0 saturated carbocycles. The number of carbonyl (C=O) groups excluding carboxylic acids is 2. The van der Waals surface area contributed by atoms with E-state index in [0.717, 1.165) is 12.1 Å². The van der Waals surface area contributed by atoms with Crippen LogP contribution in [0.4, 0.5) is 21.0 Å². The Kier molecular flexibility index (Phi) is 5.60. The Bertz CT molecular complexity index is 535. The SMILES string of the molecule is COCCCN(C)C(=O)Nc1cccc(N2CCNC2=O)c1. The van der Waals surface area contributed by atoms with E-state index in [2.05, 4.69) is 10.6 Å². The molecule has 0 unspecified atom stereocenters. The summed E-state index contributed by atoms with van der Waals surface area (Å²) >= 11 is 0. The molecule has 2 rings (SSSR count). The molecule has 120 valence electrons. The molecule has 1 heterocycles. The monoisotopic (exact) mass is 306 g/mol. The summed E-state index contributed by atoms with van der Waals surface area (Å²) < 4.78 is 4.97. The number of urea groups is 2. The van der Waals surface area contributed by atoms with E-state index in [-0.39, 0.29) is 12.1 Å². The molecule has 7 nitrogen and oxygen atoms in total. The fourth-order valence-electron chi connectivity index (χ4n) is 2.24. The van der Waals surface area contributed by atoms with Crippen molar-refractivity contribution in [1.82, 2.24) is 10.2 Å². The van der Waals surface area contributed by atoms with Crippen molar-refractivity contribution >= 4 is 23.4 Å². The third-order valence-corrected chi connectivity index (χ3v) is 3.45. The van der Waals surface area contributed by atoms with Gasteiger partial charge in [0.1, 0.15) is 0 Å². The van der Waals surface area contributed by atoms with Gasteiger partial charge in [-0.3, -0.25) is 4.90 Å². The molecule has 7 heteroatoms. The van der Waals surface area contributed by atoms with Crippen LogP contribution in [-0.2, 0) is 4.74 Å². The van der Waals surface area contributed by atoms with Crippen LogP contribution in [0.2, 0.25) is 0 Å². The van der Waals surface area contributed by atoms with E-state index in [0.29, 0.717) is 31.9 Å². The molecule has 0 aliphatic carbocycles. The Hall–Kier alpha value is -2.28. The van der Waals surface area contributed by atoms with Gasteiger partial charge >= 0.3 is 12.1 Å². The van der Waals surface area contributed by atoms with Crippen LogP contribution < -0.4 is 15.5 Å². The van der Waals surface area contributed by atoms with E-state index in [9.17, 15) is 9.59 Å². The standard InChI is InChI=1S/C15H22N4O3/c1-18(8-4-10-22-2)15(21)17-12-5-3-6-13(11-12)19-9-7-16-14(19)20/h3,5-6,11H,4,7-10H2,1-2H3,(H,16,20)(H,17,21). The van der Waals surface area contributed by atoms with Crippen molar-refractivity contribution in [2.45, 2.75) is 6.42 Å². The summed E-state index contributed by atoms with van der Waals surface area (Å²) in [7, 11) is 3.38. The molecule has 1 aliphatic heterocycles. The van der Waals surface area contributed by atoms with Crippen molar-refractivity contribution in [2.24, 2.45) is 0 Å². The van der Waals surface area contributed by atoms with Gasteiger partial charge in [0.15, 0.2) is 0 Å². The average molecular weight is 306 g/mol. The first kappa shape index (κ1) is 16.1. The predicted octanol–water partition coefficient (Wildman–Crippen LogP) is 1.72. The smallest absolute Gasteiger partial charge is 0.321 e. The van der Waals surface area contributed by atoms with Crippen LogP contribution in [0.25, 0.3) is 0 Å². The maximum Gasteiger partial charge on any atom is 0.321 e. The van der Waals surface area contributed by atoms with Crippen molar-refractivity contribution in [2.75, 3.05) is 50.6 Å². The molecule has 1 fully saturated rings. The van der Waals surface area contributed by atoms with Crippen molar-refractivity contribution in [3.8, 4) is 0 Å². The summed E-state index contributed by atoms with van der Waals surface area (Å²) in [6, 6.07) is 6.98. The minimum atomic E-state index is -0.181. The van der Waals surface area contributed by atoms with E-state index in [1.54, 1.807) is 36.1 Å². The molecular weight excluding hydrogens is 284 g/mol. The minimum Gasteiger partial charge on any atom is -0.385 e. The number of methoxy groups -OCH3 is 1. The van der Waals surface area contributed by atoms with Crippen molar-refractivity contribution in [1.29, 1.82) is 0 Å². The summed E-state index contributed by atoms with van der Waals surface area (Å²) in [6.07, 6.45) is 0.786. The molecule has 4 amide bonds. The number of ether oxygens (including phenoxy) is 1. The normalized spacial score (nSPS) is 13.9. The highest BCUT2D eigenvalue weighted by molar-refractivity contribution is 5.95. The Balaban J connectivity index is 1.95. The van der Waals surface area contributed by atoms with Gasteiger partial charge in [0.05, 0.1) is 0 Å². The van der Waals surface area contributed by atoms with Crippen LogP contribution in [0, 0.1) is 0 Å². The maximum atomic E-state index is 12.1. The van der Waals surface area contributed by atoms with E-state index >= 15 is 0 Å². The average Bonchev–Trinajstić information content (AvgIpc) is 2.94. The van der Waals surface area contributed by atoms with Gasteiger partial charge in [-0.05, 0) is 24.6 Å². The van der Waals surface area contributed by atoms with Gasteiger partial charge in [0, 0.05) is 51.8 Å². The van der Waals surface area contributed by atoms with Gasteiger partial charge in [-0.1, -0.05) is 6.07 Å². The highest BCUT2D eigenvalue weighted by Crippen LogP contribution is 2.21. The van der Waals surface area contributed by atoms with Gasteiger partial charge in [0.25, 0.3) is 0 Å². The molecular formula is C15H22N4O3. The molecule has 2 N–H and O–H groups in total. The first-order valence-electron chi connectivity index (χ1n) is 7.28. The highest BCUT2D eigenvalue weighted by atomic mass is 16.5. The van der Waals surface area contributed by atoms with Gasteiger partial charge in [0.2, 0.25) is 0 Å². The lowest BCUT2D eigenvalue weighted by Crippen LogP contribution is -2.32. The fraction of sp³-hybridized carbons (Fsp3) is 0.467. The van der Waals surface area contributed by atoms with Crippen LogP contribution in [0.5, 0.6) is 0 Å². The zero-order chi connectivity index (χ0) is 15.9. The van der Waals surface area contributed by atoms with Crippen LogP contribution in [0.1, 0.15) is 6.42 Å². The second kappa shape index (κ2) is 7.65. The lowest BCUT2D eigenvalue weighted by atomic mass is 10.2. The molecule has 22 heavy (non-hydrogen) atoms. The lowest BCUT2D eigenvalue weighted by Gasteiger charge is -2.19. The summed E-state index contributed by atoms with van der Waals surface area (Å²) in [6.45, 7) is 2.51. The number of carbonyl (C=O) groups is 2. The molecule has 0 aromatic heterocycles.